The normalized spacial score (nSPS) is 10.2. The summed E-state index contributed by atoms with van der Waals surface area (Å²) in [5.74, 6) is 0. The minimum Gasteiger partial charge on any atom is -0.236 e. The lowest BCUT2D eigenvalue weighted by Crippen LogP contribution is -2.03. The van der Waals surface area contributed by atoms with Crippen molar-refractivity contribution in [1.29, 1.82) is 5.26 Å². The second-order valence-corrected chi connectivity index (χ2v) is 3.87. The van der Waals surface area contributed by atoms with Crippen LogP contribution in [-0.4, -0.2) is 9.78 Å². The lowest BCUT2D eigenvalue weighted by molar-refractivity contribution is 0.792. The van der Waals surface area contributed by atoms with Crippen LogP contribution in [0.4, 0.5) is 0 Å². The van der Waals surface area contributed by atoms with Crippen LogP contribution in [0.5, 0.6) is 0 Å². The molecule has 0 bridgehead atoms. The van der Waals surface area contributed by atoms with Gasteiger partial charge in [-0.05, 0) is 31.0 Å². The van der Waals surface area contributed by atoms with Crippen LogP contribution in [0.3, 0.4) is 0 Å². The number of aryl methyl sites for hydroxylation is 2. The SMILES string of the molecule is CCc1cc(CC)n(-c2ccccc2C#N)n1. The van der Waals surface area contributed by atoms with Crippen molar-refractivity contribution in [3.8, 4) is 11.8 Å². The van der Waals surface area contributed by atoms with E-state index in [2.05, 4.69) is 31.1 Å². The number of para-hydroxylation sites is 1. The van der Waals surface area contributed by atoms with Crippen molar-refractivity contribution in [1.82, 2.24) is 9.78 Å². The number of aromatic nitrogens is 2. The van der Waals surface area contributed by atoms with E-state index in [1.54, 1.807) is 0 Å². The van der Waals surface area contributed by atoms with Crippen LogP contribution in [0, 0.1) is 11.3 Å². The maximum atomic E-state index is 9.12. The van der Waals surface area contributed by atoms with Gasteiger partial charge in [0.1, 0.15) is 6.07 Å². The zero-order chi connectivity index (χ0) is 12.3. The Morgan fingerprint density at radius 3 is 2.65 bits per heavy atom. The molecule has 0 unspecified atom stereocenters. The zero-order valence-corrected chi connectivity index (χ0v) is 10.1. The van der Waals surface area contributed by atoms with Crippen LogP contribution in [0.1, 0.15) is 30.8 Å². The average Bonchev–Trinajstić information content (AvgIpc) is 2.81. The van der Waals surface area contributed by atoms with Crippen LogP contribution >= 0.6 is 0 Å². The Bertz CT molecular complexity index is 561. The van der Waals surface area contributed by atoms with E-state index in [-0.39, 0.29) is 0 Å². The first kappa shape index (κ1) is 11.4. The van der Waals surface area contributed by atoms with E-state index in [4.69, 9.17) is 5.26 Å². The second-order valence-electron chi connectivity index (χ2n) is 3.87. The summed E-state index contributed by atoms with van der Waals surface area (Å²) in [7, 11) is 0. The zero-order valence-electron chi connectivity index (χ0n) is 10.1. The molecule has 0 amide bonds. The third-order valence-electron chi connectivity index (χ3n) is 2.81. The lowest BCUT2D eigenvalue weighted by atomic mass is 10.2. The molecule has 86 valence electrons. The molecular weight excluding hydrogens is 210 g/mol. The van der Waals surface area contributed by atoms with Gasteiger partial charge in [0.2, 0.25) is 0 Å². The maximum absolute atomic E-state index is 9.12. The minimum atomic E-state index is 0.660. The van der Waals surface area contributed by atoms with E-state index in [1.165, 1.54) is 0 Å². The van der Waals surface area contributed by atoms with Crippen molar-refractivity contribution < 1.29 is 0 Å². The Labute approximate surface area is 101 Å². The molecule has 0 radical (unpaired) electrons. The summed E-state index contributed by atoms with van der Waals surface area (Å²) in [6, 6.07) is 11.9. The number of nitrogens with zero attached hydrogens (tertiary/aromatic N) is 3. The van der Waals surface area contributed by atoms with Gasteiger partial charge in [-0.3, -0.25) is 0 Å². The summed E-state index contributed by atoms with van der Waals surface area (Å²) in [4.78, 5) is 0. The third kappa shape index (κ3) is 2.07. The molecule has 0 spiro atoms. The fraction of sp³-hybridized carbons (Fsp3) is 0.286. The van der Waals surface area contributed by atoms with Gasteiger partial charge in [-0.15, -0.1) is 0 Å². The minimum absolute atomic E-state index is 0.660. The van der Waals surface area contributed by atoms with Crippen LogP contribution in [0.15, 0.2) is 30.3 Å². The number of rotatable bonds is 3. The first-order valence-corrected chi connectivity index (χ1v) is 5.87. The Morgan fingerprint density at radius 1 is 1.24 bits per heavy atom. The summed E-state index contributed by atoms with van der Waals surface area (Å²) in [6.45, 7) is 4.18. The number of hydrogen-bond acceptors (Lipinski definition) is 2. The molecule has 1 aromatic carbocycles. The standard InChI is InChI=1S/C14H15N3/c1-3-12-9-13(4-2)17(16-12)14-8-6-5-7-11(14)10-15/h5-9H,3-4H2,1-2H3. The van der Waals surface area contributed by atoms with E-state index >= 15 is 0 Å². The number of benzene rings is 1. The Kier molecular flexibility index (Phi) is 3.24. The Balaban J connectivity index is 2.60. The molecule has 1 heterocycles. The number of hydrogen-bond donors (Lipinski definition) is 0. The third-order valence-corrected chi connectivity index (χ3v) is 2.81. The highest BCUT2D eigenvalue weighted by atomic mass is 15.3. The maximum Gasteiger partial charge on any atom is 0.101 e. The molecule has 17 heavy (non-hydrogen) atoms. The fourth-order valence-corrected chi connectivity index (χ4v) is 1.86. The van der Waals surface area contributed by atoms with Crippen LogP contribution in [0.25, 0.3) is 5.69 Å². The largest absolute Gasteiger partial charge is 0.236 e. The highest BCUT2D eigenvalue weighted by Gasteiger charge is 2.10. The van der Waals surface area contributed by atoms with Crippen molar-refractivity contribution in [2.75, 3.05) is 0 Å². The molecule has 3 heteroatoms. The van der Waals surface area contributed by atoms with Crippen LogP contribution in [0.2, 0.25) is 0 Å². The molecule has 0 fully saturated rings. The van der Waals surface area contributed by atoms with E-state index in [9.17, 15) is 0 Å². The Hall–Kier alpha value is -2.08. The van der Waals surface area contributed by atoms with Gasteiger partial charge >= 0.3 is 0 Å². The highest BCUT2D eigenvalue weighted by Crippen LogP contribution is 2.17. The van der Waals surface area contributed by atoms with Crippen molar-refractivity contribution in [2.24, 2.45) is 0 Å². The van der Waals surface area contributed by atoms with Crippen LogP contribution in [-0.2, 0) is 12.8 Å². The summed E-state index contributed by atoms with van der Waals surface area (Å²) in [6.07, 6.45) is 1.82. The van der Waals surface area contributed by atoms with Gasteiger partial charge in [-0.1, -0.05) is 26.0 Å². The molecule has 0 saturated carbocycles. The van der Waals surface area contributed by atoms with Crippen molar-refractivity contribution in [3.63, 3.8) is 0 Å². The van der Waals surface area contributed by atoms with Crippen LogP contribution < -0.4 is 0 Å². The van der Waals surface area contributed by atoms with Gasteiger partial charge in [0.15, 0.2) is 0 Å². The molecule has 0 atom stereocenters. The molecule has 2 aromatic rings. The predicted octanol–water partition coefficient (Wildman–Crippen LogP) is 2.87. The van der Waals surface area contributed by atoms with E-state index in [0.29, 0.717) is 5.56 Å². The van der Waals surface area contributed by atoms with Gasteiger partial charge in [-0.25, -0.2) is 4.68 Å². The topological polar surface area (TPSA) is 41.6 Å². The molecular formula is C14H15N3. The molecule has 0 saturated heterocycles. The van der Waals surface area contributed by atoms with E-state index in [1.807, 2.05) is 28.9 Å². The van der Waals surface area contributed by atoms with Gasteiger partial charge in [0.05, 0.1) is 16.9 Å². The molecule has 1 aromatic heterocycles. The Morgan fingerprint density at radius 2 is 2.00 bits per heavy atom. The fourth-order valence-electron chi connectivity index (χ4n) is 1.86. The molecule has 0 N–H and O–H groups in total. The number of nitriles is 1. The molecule has 0 aliphatic carbocycles. The molecule has 0 aliphatic rings. The van der Waals surface area contributed by atoms with Crippen molar-refractivity contribution in [2.45, 2.75) is 26.7 Å². The van der Waals surface area contributed by atoms with E-state index < -0.39 is 0 Å². The summed E-state index contributed by atoms with van der Waals surface area (Å²) < 4.78 is 1.89. The van der Waals surface area contributed by atoms with Gasteiger partial charge in [-0.2, -0.15) is 10.4 Å². The predicted molar refractivity (Wildman–Crippen MR) is 67.0 cm³/mol. The quantitative estimate of drug-likeness (QED) is 0.806. The first-order chi connectivity index (χ1) is 8.30. The van der Waals surface area contributed by atoms with Gasteiger partial charge < -0.3 is 0 Å². The van der Waals surface area contributed by atoms with Crippen molar-refractivity contribution >= 4 is 0 Å². The summed E-state index contributed by atoms with van der Waals surface area (Å²) in [5.41, 5.74) is 3.73. The summed E-state index contributed by atoms with van der Waals surface area (Å²) >= 11 is 0. The van der Waals surface area contributed by atoms with Gasteiger partial charge in [0, 0.05) is 5.69 Å². The average molecular weight is 225 g/mol. The van der Waals surface area contributed by atoms with Gasteiger partial charge in [0.25, 0.3) is 0 Å². The molecule has 3 nitrogen and oxygen atoms in total. The molecule has 2 rings (SSSR count). The van der Waals surface area contributed by atoms with E-state index in [0.717, 1.165) is 29.9 Å². The molecule has 0 aliphatic heterocycles. The lowest BCUT2D eigenvalue weighted by Gasteiger charge is -2.07. The van der Waals surface area contributed by atoms with Crippen molar-refractivity contribution in [3.05, 3.63) is 47.3 Å². The summed E-state index contributed by atoms with van der Waals surface area (Å²) in [5, 5.41) is 13.7. The second kappa shape index (κ2) is 4.84. The monoisotopic (exact) mass is 225 g/mol. The smallest absolute Gasteiger partial charge is 0.101 e. The first-order valence-electron chi connectivity index (χ1n) is 5.87. The highest BCUT2D eigenvalue weighted by molar-refractivity contribution is 5.49.